The molecule has 2 aromatic heterocycles. The first-order valence-electron chi connectivity index (χ1n) is 10.5. The fourth-order valence-electron chi connectivity index (χ4n) is 4.37. The van der Waals surface area contributed by atoms with Crippen LogP contribution in [0.1, 0.15) is 43.0 Å². The lowest BCUT2D eigenvalue weighted by molar-refractivity contribution is 0.666. The summed E-state index contributed by atoms with van der Waals surface area (Å²) in [5, 5.41) is 5.10. The molecule has 0 bridgehead atoms. The topological polar surface area (TPSA) is 29.0 Å². The van der Waals surface area contributed by atoms with Gasteiger partial charge in [0.05, 0.1) is 0 Å². The van der Waals surface area contributed by atoms with Crippen LogP contribution >= 0.6 is 0 Å². The van der Waals surface area contributed by atoms with E-state index >= 15 is 0 Å². The van der Waals surface area contributed by atoms with Crippen molar-refractivity contribution in [3.8, 4) is 0 Å². The maximum Gasteiger partial charge on any atom is 0.136 e. The lowest BCUT2D eigenvalue weighted by Crippen LogP contribution is -2.22. The summed E-state index contributed by atoms with van der Waals surface area (Å²) >= 11 is 0. The molecule has 0 fully saturated rings. The molecule has 4 aromatic rings. The second-order valence-electron chi connectivity index (χ2n) is 7.96. The first kappa shape index (κ1) is 19.4. The van der Waals surface area contributed by atoms with E-state index in [2.05, 4.69) is 86.2 Å². The number of benzene rings is 2. The molecule has 0 aliphatic carbocycles. The highest BCUT2D eigenvalue weighted by molar-refractivity contribution is 5.94. The second kappa shape index (κ2) is 8.20. The lowest BCUT2D eigenvalue weighted by Gasteiger charge is -2.24. The van der Waals surface area contributed by atoms with Crippen molar-refractivity contribution < 1.29 is 0 Å². The summed E-state index contributed by atoms with van der Waals surface area (Å²) in [5.74, 6) is 1.50. The number of hydrogen-bond donors (Lipinski definition) is 0. The van der Waals surface area contributed by atoms with E-state index in [0.29, 0.717) is 5.92 Å². The Labute approximate surface area is 173 Å². The van der Waals surface area contributed by atoms with Crippen LogP contribution in [-0.2, 0) is 6.42 Å². The molecule has 0 radical (unpaired) electrons. The molecule has 0 spiro atoms. The zero-order valence-corrected chi connectivity index (χ0v) is 17.8. The predicted molar refractivity (Wildman–Crippen MR) is 124 cm³/mol. The minimum Gasteiger partial charge on any atom is -0.359 e. The smallest absolute Gasteiger partial charge is 0.136 e. The van der Waals surface area contributed by atoms with Gasteiger partial charge in [-0.3, -0.25) is 4.98 Å². The molecule has 0 amide bonds. The largest absolute Gasteiger partial charge is 0.359 e. The molecule has 2 heterocycles. The Morgan fingerprint density at radius 2 is 1.59 bits per heavy atom. The SMILES string of the molecule is CCc1cnc(N(C)CCC(C)c2c(C)ncc3ccccc23)c2ccccc12. The number of aromatic nitrogens is 2. The number of rotatable bonds is 6. The highest BCUT2D eigenvalue weighted by Crippen LogP contribution is 2.31. The molecule has 2 aromatic carbocycles. The van der Waals surface area contributed by atoms with Crippen LogP contribution in [0.25, 0.3) is 21.5 Å². The third-order valence-electron chi connectivity index (χ3n) is 6.03. The van der Waals surface area contributed by atoms with Crippen LogP contribution in [0.2, 0.25) is 0 Å². The van der Waals surface area contributed by atoms with Gasteiger partial charge in [-0.2, -0.15) is 0 Å². The first-order valence-corrected chi connectivity index (χ1v) is 10.5. The van der Waals surface area contributed by atoms with Crippen LogP contribution in [0, 0.1) is 6.92 Å². The van der Waals surface area contributed by atoms with E-state index < -0.39 is 0 Å². The molecule has 0 saturated heterocycles. The Bertz CT molecular complexity index is 1150. The number of pyridine rings is 2. The van der Waals surface area contributed by atoms with Gasteiger partial charge in [0.25, 0.3) is 0 Å². The van der Waals surface area contributed by atoms with Gasteiger partial charge in [-0.25, -0.2) is 4.98 Å². The average molecular weight is 384 g/mol. The van der Waals surface area contributed by atoms with Crippen LogP contribution in [0.4, 0.5) is 5.82 Å². The van der Waals surface area contributed by atoms with Crippen molar-refractivity contribution in [1.29, 1.82) is 0 Å². The Hall–Kier alpha value is -2.94. The van der Waals surface area contributed by atoms with Crippen molar-refractivity contribution in [2.75, 3.05) is 18.5 Å². The van der Waals surface area contributed by atoms with E-state index in [-0.39, 0.29) is 0 Å². The number of fused-ring (bicyclic) bond motifs is 2. The van der Waals surface area contributed by atoms with Crippen molar-refractivity contribution in [3.05, 3.63) is 77.7 Å². The highest BCUT2D eigenvalue weighted by Gasteiger charge is 2.16. The minimum absolute atomic E-state index is 0.428. The summed E-state index contributed by atoms with van der Waals surface area (Å²) in [6.45, 7) is 7.58. The summed E-state index contributed by atoms with van der Waals surface area (Å²) in [6.07, 6.45) is 6.08. The van der Waals surface area contributed by atoms with E-state index in [9.17, 15) is 0 Å². The first-order chi connectivity index (χ1) is 14.1. The number of aryl methyl sites for hydroxylation is 2. The van der Waals surface area contributed by atoms with Crippen molar-refractivity contribution in [3.63, 3.8) is 0 Å². The van der Waals surface area contributed by atoms with Gasteiger partial charge in [-0.05, 0) is 47.6 Å². The van der Waals surface area contributed by atoms with Gasteiger partial charge in [0, 0.05) is 42.5 Å². The molecular formula is C26H29N3. The zero-order valence-electron chi connectivity index (χ0n) is 17.8. The summed E-state index contributed by atoms with van der Waals surface area (Å²) in [7, 11) is 2.15. The minimum atomic E-state index is 0.428. The van der Waals surface area contributed by atoms with E-state index in [4.69, 9.17) is 4.98 Å². The Morgan fingerprint density at radius 3 is 2.34 bits per heavy atom. The molecule has 29 heavy (non-hydrogen) atoms. The van der Waals surface area contributed by atoms with E-state index in [1.807, 2.05) is 12.4 Å². The summed E-state index contributed by atoms with van der Waals surface area (Å²) < 4.78 is 0. The van der Waals surface area contributed by atoms with Gasteiger partial charge in [0.15, 0.2) is 0 Å². The van der Waals surface area contributed by atoms with E-state index in [0.717, 1.165) is 30.9 Å². The van der Waals surface area contributed by atoms with Crippen molar-refractivity contribution >= 4 is 27.4 Å². The van der Waals surface area contributed by atoms with Gasteiger partial charge >= 0.3 is 0 Å². The molecule has 1 unspecified atom stereocenters. The van der Waals surface area contributed by atoms with Gasteiger partial charge < -0.3 is 4.90 Å². The third kappa shape index (κ3) is 3.69. The van der Waals surface area contributed by atoms with Crippen molar-refractivity contribution in [2.45, 2.75) is 39.5 Å². The monoisotopic (exact) mass is 383 g/mol. The fourth-order valence-corrected chi connectivity index (χ4v) is 4.37. The Morgan fingerprint density at radius 1 is 0.897 bits per heavy atom. The molecule has 0 N–H and O–H groups in total. The molecule has 3 nitrogen and oxygen atoms in total. The van der Waals surface area contributed by atoms with Crippen LogP contribution < -0.4 is 4.90 Å². The predicted octanol–water partition coefficient (Wildman–Crippen LogP) is 6.28. The van der Waals surface area contributed by atoms with E-state index in [1.165, 1.54) is 32.7 Å². The maximum atomic E-state index is 4.81. The normalized spacial score (nSPS) is 12.4. The molecular weight excluding hydrogens is 354 g/mol. The van der Waals surface area contributed by atoms with Crippen LogP contribution in [-0.4, -0.2) is 23.6 Å². The average Bonchev–Trinajstić information content (AvgIpc) is 2.76. The van der Waals surface area contributed by atoms with Crippen LogP contribution in [0.15, 0.2) is 60.9 Å². The van der Waals surface area contributed by atoms with Gasteiger partial charge in [0.2, 0.25) is 0 Å². The van der Waals surface area contributed by atoms with Gasteiger partial charge in [-0.15, -0.1) is 0 Å². The standard InChI is InChI=1S/C26H29N3/c1-5-20-16-28-26(24-13-9-8-11-22(20)24)29(4)15-14-18(2)25-19(3)27-17-21-10-6-7-12-23(21)25/h6-13,16-18H,5,14-15H2,1-4H3. The lowest BCUT2D eigenvalue weighted by atomic mass is 9.91. The van der Waals surface area contributed by atoms with Crippen molar-refractivity contribution in [2.24, 2.45) is 0 Å². The quantitative estimate of drug-likeness (QED) is 0.392. The third-order valence-corrected chi connectivity index (χ3v) is 6.03. The molecule has 0 aliphatic heterocycles. The molecule has 148 valence electrons. The second-order valence-corrected chi connectivity index (χ2v) is 7.96. The van der Waals surface area contributed by atoms with Gasteiger partial charge in [-0.1, -0.05) is 62.4 Å². The molecule has 0 aliphatic rings. The molecule has 4 rings (SSSR count). The highest BCUT2D eigenvalue weighted by atomic mass is 15.2. The molecule has 0 saturated carbocycles. The van der Waals surface area contributed by atoms with Crippen LogP contribution in [0.3, 0.4) is 0 Å². The Balaban J connectivity index is 1.59. The number of hydrogen-bond acceptors (Lipinski definition) is 3. The number of anilines is 1. The van der Waals surface area contributed by atoms with Gasteiger partial charge in [0.1, 0.15) is 5.82 Å². The summed E-state index contributed by atoms with van der Waals surface area (Å²) in [4.78, 5) is 11.8. The zero-order chi connectivity index (χ0) is 20.4. The number of nitrogens with zero attached hydrogens (tertiary/aromatic N) is 3. The molecule has 1 atom stereocenters. The fraction of sp³-hybridized carbons (Fsp3) is 0.308. The maximum absolute atomic E-state index is 4.81. The molecule has 3 heteroatoms. The van der Waals surface area contributed by atoms with Crippen LogP contribution in [0.5, 0.6) is 0 Å². The Kier molecular flexibility index (Phi) is 5.48. The summed E-state index contributed by atoms with van der Waals surface area (Å²) in [6, 6.07) is 17.2. The van der Waals surface area contributed by atoms with E-state index in [1.54, 1.807) is 0 Å². The van der Waals surface area contributed by atoms with Crippen molar-refractivity contribution in [1.82, 2.24) is 9.97 Å². The summed E-state index contributed by atoms with van der Waals surface area (Å²) in [5.41, 5.74) is 3.81.